The largest absolute Gasteiger partial charge is 0.471 e. The van der Waals surface area contributed by atoms with Gasteiger partial charge < -0.3 is 14.0 Å². The molecular formula is C15H13F3N2O4. The van der Waals surface area contributed by atoms with Crippen molar-refractivity contribution >= 4 is 5.97 Å². The molecule has 0 spiro atoms. The molecule has 0 aliphatic carbocycles. The summed E-state index contributed by atoms with van der Waals surface area (Å²) in [6.45, 7) is 0.849. The van der Waals surface area contributed by atoms with E-state index in [0.717, 1.165) is 12.8 Å². The van der Waals surface area contributed by atoms with E-state index in [0.29, 0.717) is 12.2 Å². The van der Waals surface area contributed by atoms with Gasteiger partial charge >= 0.3 is 18.0 Å². The van der Waals surface area contributed by atoms with Crippen molar-refractivity contribution in [3.05, 3.63) is 35.7 Å². The fourth-order valence-corrected chi connectivity index (χ4v) is 2.24. The molecule has 1 aliphatic rings. The molecule has 0 amide bonds. The first-order chi connectivity index (χ1) is 11.4. The van der Waals surface area contributed by atoms with Gasteiger partial charge in [0.15, 0.2) is 0 Å². The second-order valence-corrected chi connectivity index (χ2v) is 5.23. The molecule has 128 valence electrons. The molecule has 1 fully saturated rings. The molecule has 1 saturated heterocycles. The van der Waals surface area contributed by atoms with Gasteiger partial charge in [-0.15, -0.1) is 0 Å². The van der Waals surface area contributed by atoms with Crippen LogP contribution in [0.25, 0.3) is 11.4 Å². The molecule has 1 atom stereocenters. The van der Waals surface area contributed by atoms with Crippen LogP contribution in [0.2, 0.25) is 0 Å². The highest BCUT2D eigenvalue weighted by molar-refractivity contribution is 5.89. The molecule has 1 unspecified atom stereocenters. The van der Waals surface area contributed by atoms with E-state index in [2.05, 4.69) is 14.7 Å². The highest BCUT2D eigenvalue weighted by atomic mass is 19.4. The zero-order valence-corrected chi connectivity index (χ0v) is 12.4. The Labute approximate surface area is 134 Å². The first-order valence-corrected chi connectivity index (χ1v) is 7.23. The van der Waals surface area contributed by atoms with Crippen LogP contribution in [0, 0.1) is 0 Å². The van der Waals surface area contributed by atoms with E-state index in [-0.39, 0.29) is 24.1 Å². The standard InChI is InChI=1S/C15H13F3N2O4/c16-15(17,18)14-19-12(20-24-14)9-3-5-10(6-4-9)13(21)23-8-11-2-1-7-22-11/h3-6,11H,1-2,7-8H2. The lowest BCUT2D eigenvalue weighted by atomic mass is 10.1. The fourth-order valence-electron chi connectivity index (χ4n) is 2.24. The summed E-state index contributed by atoms with van der Waals surface area (Å²) in [6.07, 6.45) is -2.97. The van der Waals surface area contributed by atoms with Crippen LogP contribution in [0.4, 0.5) is 13.2 Å². The van der Waals surface area contributed by atoms with E-state index >= 15 is 0 Å². The van der Waals surface area contributed by atoms with Gasteiger partial charge in [0.2, 0.25) is 5.82 Å². The van der Waals surface area contributed by atoms with Crippen molar-refractivity contribution in [3.63, 3.8) is 0 Å². The highest BCUT2D eigenvalue weighted by Crippen LogP contribution is 2.29. The van der Waals surface area contributed by atoms with Crippen LogP contribution in [0.15, 0.2) is 28.8 Å². The number of alkyl halides is 3. The van der Waals surface area contributed by atoms with Gasteiger partial charge in [0, 0.05) is 12.2 Å². The maximum absolute atomic E-state index is 12.4. The average molecular weight is 342 g/mol. The van der Waals surface area contributed by atoms with Crippen LogP contribution in [0.5, 0.6) is 0 Å². The minimum Gasteiger partial charge on any atom is -0.459 e. The number of hydrogen-bond donors (Lipinski definition) is 0. The van der Waals surface area contributed by atoms with Gasteiger partial charge in [0.1, 0.15) is 6.61 Å². The number of carbonyl (C=O) groups excluding carboxylic acids is 1. The summed E-state index contributed by atoms with van der Waals surface area (Å²) in [4.78, 5) is 15.2. The summed E-state index contributed by atoms with van der Waals surface area (Å²) in [7, 11) is 0. The lowest BCUT2D eigenvalue weighted by molar-refractivity contribution is -0.159. The topological polar surface area (TPSA) is 74.5 Å². The summed E-state index contributed by atoms with van der Waals surface area (Å²) in [5, 5.41) is 3.28. The van der Waals surface area contributed by atoms with Crippen LogP contribution in [-0.2, 0) is 15.7 Å². The minimum atomic E-state index is -4.70. The van der Waals surface area contributed by atoms with Gasteiger partial charge in [-0.05, 0) is 25.0 Å². The van der Waals surface area contributed by atoms with Crippen molar-refractivity contribution in [2.24, 2.45) is 0 Å². The number of esters is 1. The summed E-state index contributed by atoms with van der Waals surface area (Å²) in [5.41, 5.74) is 0.571. The summed E-state index contributed by atoms with van der Waals surface area (Å²) >= 11 is 0. The Bertz CT molecular complexity index is 706. The van der Waals surface area contributed by atoms with Crippen molar-refractivity contribution in [3.8, 4) is 11.4 Å². The van der Waals surface area contributed by atoms with E-state index in [1.807, 2.05) is 0 Å². The van der Waals surface area contributed by atoms with Gasteiger partial charge in [-0.2, -0.15) is 18.2 Å². The van der Waals surface area contributed by atoms with Gasteiger partial charge in [-0.3, -0.25) is 0 Å². The third-order valence-electron chi connectivity index (χ3n) is 3.47. The molecule has 2 heterocycles. The first-order valence-electron chi connectivity index (χ1n) is 7.23. The van der Waals surface area contributed by atoms with Crippen molar-refractivity contribution in [2.45, 2.75) is 25.1 Å². The Balaban J connectivity index is 1.64. The first kappa shape index (κ1) is 16.4. The predicted octanol–water partition coefficient (Wildman–Crippen LogP) is 3.09. The molecule has 6 nitrogen and oxygen atoms in total. The molecule has 1 aromatic carbocycles. The van der Waals surface area contributed by atoms with Crippen molar-refractivity contribution < 1.29 is 32.0 Å². The number of carbonyl (C=O) groups is 1. The number of hydrogen-bond acceptors (Lipinski definition) is 6. The molecule has 1 aliphatic heterocycles. The number of ether oxygens (including phenoxy) is 2. The molecule has 3 rings (SSSR count). The van der Waals surface area contributed by atoms with Crippen molar-refractivity contribution in [1.29, 1.82) is 0 Å². The summed E-state index contributed by atoms with van der Waals surface area (Å²) < 4.78 is 52.0. The maximum atomic E-state index is 12.4. The molecule has 24 heavy (non-hydrogen) atoms. The Morgan fingerprint density at radius 1 is 1.29 bits per heavy atom. The van der Waals surface area contributed by atoms with Crippen molar-refractivity contribution in [1.82, 2.24) is 10.1 Å². The van der Waals surface area contributed by atoms with Gasteiger partial charge in [0.25, 0.3) is 0 Å². The average Bonchev–Trinajstić information content (AvgIpc) is 3.23. The predicted molar refractivity (Wildman–Crippen MR) is 74.0 cm³/mol. The van der Waals surface area contributed by atoms with E-state index < -0.39 is 18.0 Å². The normalized spacial score (nSPS) is 17.9. The Kier molecular flexibility index (Phi) is 4.52. The van der Waals surface area contributed by atoms with E-state index in [1.165, 1.54) is 24.3 Å². The van der Waals surface area contributed by atoms with Crippen LogP contribution in [-0.4, -0.2) is 35.4 Å². The highest BCUT2D eigenvalue weighted by Gasteiger charge is 2.38. The van der Waals surface area contributed by atoms with Crippen LogP contribution in [0.1, 0.15) is 29.1 Å². The Morgan fingerprint density at radius 2 is 2.04 bits per heavy atom. The van der Waals surface area contributed by atoms with Crippen molar-refractivity contribution in [2.75, 3.05) is 13.2 Å². The third-order valence-corrected chi connectivity index (χ3v) is 3.47. The number of halogens is 3. The quantitative estimate of drug-likeness (QED) is 0.795. The monoisotopic (exact) mass is 342 g/mol. The minimum absolute atomic E-state index is 0.0756. The lowest BCUT2D eigenvalue weighted by Gasteiger charge is -2.10. The molecule has 1 aromatic heterocycles. The summed E-state index contributed by atoms with van der Waals surface area (Å²) in [6, 6.07) is 5.70. The van der Waals surface area contributed by atoms with Crippen LogP contribution < -0.4 is 0 Å². The zero-order valence-electron chi connectivity index (χ0n) is 12.4. The molecule has 0 radical (unpaired) electrons. The second kappa shape index (κ2) is 6.60. The van der Waals surface area contributed by atoms with Gasteiger partial charge in [-0.25, -0.2) is 4.79 Å². The lowest BCUT2D eigenvalue weighted by Crippen LogP contribution is -2.17. The number of benzene rings is 1. The number of rotatable bonds is 4. The Morgan fingerprint density at radius 3 is 2.62 bits per heavy atom. The van der Waals surface area contributed by atoms with E-state index in [1.54, 1.807) is 0 Å². The molecule has 2 aromatic rings. The molecular weight excluding hydrogens is 329 g/mol. The second-order valence-electron chi connectivity index (χ2n) is 5.23. The molecule has 9 heteroatoms. The molecule has 0 N–H and O–H groups in total. The van der Waals surface area contributed by atoms with Crippen LogP contribution >= 0.6 is 0 Å². The maximum Gasteiger partial charge on any atom is 0.471 e. The third kappa shape index (κ3) is 3.73. The molecule has 0 bridgehead atoms. The number of aromatic nitrogens is 2. The van der Waals surface area contributed by atoms with Gasteiger partial charge in [-0.1, -0.05) is 17.3 Å². The zero-order chi connectivity index (χ0) is 17.2. The Hall–Kier alpha value is -2.42. The smallest absolute Gasteiger partial charge is 0.459 e. The SMILES string of the molecule is O=C(OCC1CCCO1)c1ccc(-c2noc(C(F)(F)F)n2)cc1. The van der Waals surface area contributed by atoms with Gasteiger partial charge in [0.05, 0.1) is 11.7 Å². The fraction of sp³-hybridized carbons (Fsp3) is 0.400. The molecule has 0 saturated carbocycles. The number of nitrogens with zero attached hydrogens (tertiary/aromatic N) is 2. The van der Waals surface area contributed by atoms with Crippen LogP contribution in [0.3, 0.4) is 0 Å². The van der Waals surface area contributed by atoms with E-state index in [9.17, 15) is 18.0 Å². The van der Waals surface area contributed by atoms with E-state index in [4.69, 9.17) is 9.47 Å². The summed E-state index contributed by atoms with van der Waals surface area (Å²) in [5.74, 6) is -2.15.